The van der Waals surface area contributed by atoms with Crippen molar-refractivity contribution in [2.24, 2.45) is 0 Å². The lowest BCUT2D eigenvalue weighted by Gasteiger charge is -2.15. The zero-order valence-corrected chi connectivity index (χ0v) is 18.1. The zero-order valence-electron chi connectivity index (χ0n) is 15.7. The summed E-state index contributed by atoms with van der Waals surface area (Å²) in [5.41, 5.74) is 1.09. The standard InChI is InChI=1S/C14H21NO3S.C6H4BrF/c1-11(10-19-7-6-16)15-9-12-4-5-13(17-2)8-14(12)18-3;7-5-1-3-6(8)4-2-5/h4-6,8,11,15H,7,9-10H2,1-3H3;1-4H. The number of nitrogens with one attached hydrogen (secondary N) is 1. The van der Waals surface area contributed by atoms with E-state index in [4.69, 9.17) is 9.47 Å². The van der Waals surface area contributed by atoms with Crippen LogP contribution in [0.4, 0.5) is 4.39 Å². The SMILES string of the molecule is COc1ccc(CNC(C)CSCC=O)c(OC)c1.Fc1ccc(Br)cc1. The molecule has 1 atom stereocenters. The number of rotatable bonds is 9. The highest BCUT2D eigenvalue weighted by molar-refractivity contribution is 9.10. The van der Waals surface area contributed by atoms with Gasteiger partial charge < -0.3 is 19.6 Å². The van der Waals surface area contributed by atoms with Crippen molar-refractivity contribution in [2.45, 2.75) is 19.5 Å². The van der Waals surface area contributed by atoms with Crippen molar-refractivity contribution in [1.29, 1.82) is 0 Å². The molecular formula is C20H25BrFNO3S. The molecule has 27 heavy (non-hydrogen) atoms. The highest BCUT2D eigenvalue weighted by Gasteiger charge is 2.07. The number of carbonyl (C=O) groups excluding carboxylic acids is 1. The highest BCUT2D eigenvalue weighted by atomic mass is 79.9. The monoisotopic (exact) mass is 457 g/mol. The molecule has 0 aromatic heterocycles. The minimum absolute atomic E-state index is 0.201. The van der Waals surface area contributed by atoms with E-state index in [0.717, 1.165) is 40.1 Å². The molecule has 0 spiro atoms. The molecule has 148 valence electrons. The molecule has 2 aromatic carbocycles. The van der Waals surface area contributed by atoms with Gasteiger partial charge in [-0.3, -0.25) is 0 Å². The minimum Gasteiger partial charge on any atom is -0.497 e. The van der Waals surface area contributed by atoms with Crippen LogP contribution in [0.5, 0.6) is 11.5 Å². The lowest BCUT2D eigenvalue weighted by molar-refractivity contribution is -0.105. The Morgan fingerprint density at radius 2 is 1.89 bits per heavy atom. The van der Waals surface area contributed by atoms with Gasteiger partial charge in [0.25, 0.3) is 0 Å². The van der Waals surface area contributed by atoms with Crippen molar-refractivity contribution in [3.8, 4) is 11.5 Å². The molecule has 0 heterocycles. The first kappa shape index (κ1) is 23.5. The predicted octanol–water partition coefficient (Wildman–Crippen LogP) is 4.70. The summed E-state index contributed by atoms with van der Waals surface area (Å²) in [6.45, 7) is 2.84. The van der Waals surface area contributed by atoms with Crippen molar-refractivity contribution in [3.05, 3.63) is 58.3 Å². The van der Waals surface area contributed by atoms with E-state index in [2.05, 4.69) is 28.2 Å². The summed E-state index contributed by atoms with van der Waals surface area (Å²) in [6.07, 6.45) is 0.934. The lowest BCUT2D eigenvalue weighted by Crippen LogP contribution is -2.28. The smallest absolute Gasteiger partial charge is 0.129 e. The average molecular weight is 458 g/mol. The molecule has 0 aliphatic carbocycles. The maximum absolute atomic E-state index is 12.1. The summed E-state index contributed by atoms with van der Waals surface area (Å²) >= 11 is 4.81. The van der Waals surface area contributed by atoms with Gasteiger partial charge in [-0.05, 0) is 37.3 Å². The largest absolute Gasteiger partial charge is 0.497 e. The normalized spacial score (nSPS) is 11.1. The van der Waals surface area contributed by atoms with Gasteiger partial charge in [-0.25, -0.2) is 4.39 Å². The second-order valence-corrected chi connectivity index (χ2v) is 7.59. The van der Waals surface area contributed by atoms with E-state index < -0.39 is 0 Å². The van der Waals surface area contributed by atoms with Crippen LogP contribution >= 0.6 is 27.7 Å². The van der Waals surface area contributed by atoms with Crippen LogP contribution in [0.2, 0.25) is 0 Å². The Balaban J connectivity index is 0.000000377. The lowest BCUT2D eigenvalue weighted by atomic mass is 10.2. The molecule has 0 bridgehead atoms. The number of carbonyl (C=O) groups is 1. The van der Waals surface area contributed by atoms with E-state index in [0.29, 0.717) is 11.8 Å². The Morgan fingerprint density at radius 3 is 2.44 bits per heavy atom. The number of hydrogen-bond donors (Lipinski definition) is 1. The van der Waals surface area contributed by atoms with Crippen molar-refractivity contribution in [3.63, 3.8) is 0 Å². The Labute approximate surface area is 173 Å². The number of methoxy groups -OCH3 is 2. The van der Waals surface area contributed by atoms with E-state index >= 15 is 0 Å². The zero-order chi connectivity index (χ0) is 20.1. The molecule has 0 amide bonds. The summed E-state index contributed by atoms with van der Waals surface area (Å²) in [7, 11) is 3.29. The Bertz CT molecular complexity index is 664. The first-order valence-corrected chi connectivity index (χ1v) is 10.3. The van der Waals surface area contributed by atoms with Gasteiger partial charge in [0.1, 0.15) is 23.6 Å². The van der Waals surface area contributed by atoms with Crippen LogP contribution in [0.25, 0.3) is 0 Å². The van der Waals surface area contributed by atoms with Crippen molar-refractivity contribution in [2.75, 3.05) is 25.7 Å². The summed E-state index contributed by atoms with van der Waals surface area (Å²) in [6, 6.07) is 12.3. The van der Waals surface area contributed by atoms with Gasteiger partial charge in [0, 0.05) is 40.2 Å². The fourth-order valence-corrected chi connectivity index (χ4v) is 3.03. The molecule has 4 nitrogen and oxygen atoms in total. The van der Waals surface area contributed by atoms with Gasteiger partial charge in [-0.2, -0.15) is 11.8 Å². The van der Waals surface area contributed by atoms with E-state index in [1.165, 1.54) is 12.1 Å². The summed E-state index contributed by atoms with van der Waals surface area (Å²) in [4.78, 5) is 10.2. The molecule has 1 N–H and O–H groups in total. The molecule has 2 aromatic rings. The fraction of sp³-hybridized carbons (Fsp3) is 0.350. The van der Waals surface area contributed by atoms with Crippen LogP contribution in [0.1, 0.15) is 12.5 Å². The van der Waals surface area contributed by atoms with Crippen LogP contribution in [0.3, 0.4) is 0 Å². The molecule has 7 heteroatoms. The average Bonchev–Trinajstić information content (AvgIpc) is 2.69. The fourth-order valence-electron chi connectivity index (χ4n) is 2.06. The number of benzene rings is 2. The van der Waals surface area contributed by atoms with Gasteiger partial charge in [-0.15, -0.1) is 0 Å². The van der Waals surface area contributed by atoms with E-state index in [-0.39, 0.29) is 5.82 Å². The van der Waals surface area contributed by atoms with Crippen LogP contribution < -0.4 is 14.8 Å². The third kappa shape index (κ3) is 9.79. The Hall–Kier alpha value is -1.57. The number of halogens is 2. The molecule has 1 unspecified atom stereocenters. The van der Waals surface area contributed by atoms with E-state index in [1.54, 1.807) is 38.1 Å². The summed E-state index contributed by atoms with van der Waals surface area (Å²) < 4.78 is 23.5. The summed E-state index contributed by atoms with van der Waals surface area (Å²) in [5.74, 6) is 2.87. The van der Waals surface area contributed by atoms with E-state index in [9.17, 15) is 9.18 Å². The van der Waals surface area contributed by atoms with Crippen molar-refractivity contribution < 1.29 is 18.7 Å². The van der Waals surface area contributed by atoms with Gasteiger partial charge >= 0.3 is 0 Å². The Kier molecular flexibility index (Phi) is 11.8. The van der Waals surface area contributed by atoms with Gasteiger partial charge in [0.05, 0.1) is 14.2 Å². The predicted molar refractivity (Wildman–Crippen MR) is 113 cm³/mol. The van der Waals surface area contributed by atoms with Gasteiger partial charge in [-0.1, -0.05) is 22.0 Å². The van der Waals surface area contributed by atoms with Crippen molar-refractivity contribution in [1.82, 2.24) is 5.32 Å². The minimum atomic E-state index is -0.201. The highest BCUT2D eigenvalue weighted by Crippen LogP contribution is 2.24. The Morgan fingerprint density at radius 1 is 1.19 bits per heavy atom. The number of hydrogen-bond acceptors (Lipinski definition) is 5. The number of aldehydes is 1. The third-order valence-electron chi connectivity index (χ3n) is 3.49. The molecular weight excluding hydrogens is 433 g/mol. The molecule has 0 aliphatic heterocycles. The van der Waals surface area contributed by atoms with Gasteiger partial charge in [0.15, 0.2) is 0 Å². The van der Waals surface area contributed by atoms with Crippen molar-refractivity contribution >= 4 is 34.0 Å². The maximum Gasteiger partial charge on any atom is 0.129 e. The third-order valence-corrected chi connectivity index (χ3v) is 5.13. The first-order valence-electron chi connectivity index (χ1n) is 8.36. The molecule has 0 radical (unpaired) electrons. The van der Waals surface area contributed by atoms with E-state index in [1.807, 2.05) is 18.2 Å². The second kappa shape index (κ2) is 13.6. The maximum atomic E-state index is 12.1. The summed E-state index contributed by atoms with van der Waals surface area (Å²) in [5, 5.41) is 3.41. The quantitative estimate of drug-likeness (QED) is 0.436. The van der Waals surface area contributed by atoms with Crippen LogP contribution in [0, 0.1) is 5.82 Å². The van der Waals surface area contributed by atoms with Gasteiger partial charge in [0.2, 0.25) is 0 Å². The molecule has 0 aliphatic rings. The number of thioether (sulfide) groups is 1. The molecule has 2 rings (SSSR count). The van der Waals surface area contributed by atoms with Crippen LogP contribution in [0.15, 0.2) is 46.9 Å². The number of ether oxygens (including phenoxy) is 2. The topological polar surface area (TPSA) is 47.6 Å². The molecule has 0 saturated carbocycles. The van der Waals surface area contributed by atoms with Crippen LogP contribution in [-0.4, -0.2) is 38.1 Å². The molecule has 0 saturated heterocycles. The second-order valence-electron chi connectivity index (χ2n) is 5.60. The molecule has 0 fully saturated rings. The first-order chi connectivity index (χ1) is 13.0. The van der Waals surface area contributed by atoms with Crippen LogP contribution in [-0.2, 0) is 11.3 Å².